The highest BCUT2D eigenvalue weighted by Crippen LogP contribution is 2.24. The van der Waals surface area contributed by atoms with Gasteiger partial charge in [0.15, 0.2) is 0 Å². The number of hydrogen-bond acceptors (Lipinski definition) is 7. The van der Waals surface area contributed by atoms with Crippen LogP contribution in [0.3, 0.4) is 0 Å². The zero-order valence-corrected chi connectivity index (χ0v) is 13.8. The van der Waals surface area contributed by atoms with Gasteiger partial charge in [-0.2, -0.15) is 10.5 Å². The van der Waals surface area contributed by atoms with Crippen LogP contribution < -0.4 is 5.32 Å². The van der Waals surface area contributed by atoms with Crippen LogP contribution in [0.5, 0.6) is 0 Å². The van der Waals surface area contributed by atoms with Gasteiger partial charge in [-0.25, -0.2) is 4.79 Å². The van der Waals surface area contributed by atoms with Gasteiger partial charge in [0.25, 0.3) is 0 Å². The third kappa shape index (κ3) is 3.73. The second kappa shape index (κ2) is 7.72. The molecule has 1 aromatic heterocycles. The van der Waals surface area contributed by atoms with Crippen molar-refractivity contribution in [2.45, 2.75) is 0 Å². The third-order valence-corrected chi connectivity index (χ3v) is 3.57. The quantitative estimate of drug-likeness (QED) is 0.539. The minimum atomic E-state index is -0.386. The monoisotopic (exact) mass is 346 g/mol. The van der Waals surface area contributed by atoms with Crippen molar-refractivity contribution in [1.29, 1.82) is 5.26 Å². The summed E-state index contributed by atoms with van der Waals surface area (Å²) in [5, 5.41) is 25.5. The van der Waals surface area contributed by atoms with E-state index >= 15 is 0 Å². The molecular weight excluding hydrogens is 332 g/mol. The molecule has 26 heavy (non-hydrogen) atoms. The second-order valence-corrected chi connectivity index (χ2v) is 5.20. The Morgan fingerprint density at radius 1 is 1.23 bits per heavy atom. The van der Waals surface area contributed by atoms with Crippen molar-refractivity contribution < 1.29 is 9.53 Å². The number of aromatic nitrogens is 4. The summed E-state index contributed by atoms with van der Waals surface area (Å²) < 4.78 is 4.75. The van der Waals surface area contributed by atoms with E-state index in [1.807, 2.05) is 36.4 Å². The van der Waals surface area contributed by atoms with Gasteiger partial charge in [-0.3, -0.25) is 0 Å². The van der Waals surface area contributed by atoms with E-state index in [1.54, 1.807) is 18.2 Å². The molecule has 3 aromatic rings. The molecule has 128 valence electrons. The van der Waals surface area contributed by atoms with Crippen LogP contribution in [0.4, 0.5) is 5.69 Å². The number of aromatic amines is 1. The molecule has 8 nitrogen and oxygen atoms in total. The van der Waals surface area contributed by atoms with Gasteiger partial charge >= 0.3 is 5.97 Å². The van der Waals surface area contributed by atoms with Gasteiger partial charge in [0.1, 0.15) is 11.6 Å². The smallest absolute Gasteiger partial charge is 0.337 e. The lowest BCUT2D eigenvalue weighted by molar-refractivity contribution is 0.0601. The molecule has 0 amide bonds. The van der Waals surface area contributed by atoms with Crippen molar-refractivity contribution >= 4 is 17.2 Å². The number of anilines is 1. The summed E-state index contributed by atoms with van der Waals surface area (Å²) in [5.41, 5.74) is 3.28. The molecule has 0 aliphatic carbocycles. The maximum absolute atomic E-state index is 11.7. The summed E-state index contributed by atoms with van der Waals surface area (Å²) in [6.45, 7) is 0. The van der Waals surface area contributed by atoms with Crippen LogP contribution in [0.1, 0.15) is 16.2 Å². The SMILES string of the molecule is COC(=O)c1cccc(-c2cccc(NC=C(C#N)c3nn[nH]n3)c2)c1. The van der Waals surface area contributed by atoms with Gasteiger partial charge in [0.05, 0.1) is 12.7 Å². The number of methoxy groups -OCH3 is 1. The number of rotatable bonds is 5. The zero-order valence-electron chi connectivity index (χ0n) is 13.8. The van der Waals surface area contributed by atoms with E-state index in [2.05, 4.69) is 25.9 Å². The number of esters is 1. The number of nitrogens with one attached hydrogen (secondary N) is 2. The number of nitriles is 1. The van der Waals surface area contributed by atoms with Gasteiger partial charge in [-0.05, 0) is 40.6 Å². The number of nitrogens with zero attached hydrogens (tertiary/aromatic N) is 4. The van der Waals surface area contributed by atoms with Crippen LogP contribution in [-0.2, 0) is 4.74 Å². The Morgan fingerprint density at radius 3 is 2.69 bits per heavy atom. The zero-order chi connectivity index (χ0) is 18.4. The average molecular weight is 346 g/mol. The van der Waals surface area contributed by atoms with Gasteiger partial charge in [0.2, 0.25) is 5.82 Å². The number of carbonyl (C=O) groups is 1. The molecule has 0 aliphatic heterocycles. The molecule has 0 spiro atoms. The molecule has 0 atom stereocenters. The summed E-state index contributed by atoms with van der Waals surface area (Å²) in [6, 6.07) is 16.7. The van der Waals surface area contributed by atoms with Crippen LogP contribution >= 0.6 is 0 Å². The fourth-order valence-corrected chi connectivity index (χ4v) is 2.31. The summed E-state index contributed by atoms with van der Waals surface area (Å²) in [5.74, 6) is -0.176. The van der Waals surface area contributed by atoms with Gasteiger partial charge in [-0.15, -0.1) is 10.2 Å². The van der Waals surface area contributed by atoms with Crippen LogP contribution in [0.25, 0.3) is 16.7 Å². The van der Waals surface area contributed by atoms with Gasteiger partial charge in [-0.1, -0.05) is 24.3 Å². The molecule has 3 rings (SSSR count). The summed E-state index contributed by atoms with van der Waals surface area (Å²) >= 11 is 0. The van der Waals surface area contributed by atoms with E-state index in [1.165, 1.54) is 13.3 Å². The van der Waals surface area contributed by atoms with Crippen molar-refractivity contribution in [2.75, 3.05) is 12.4 Å². The molecule has 0 aliphatic rings. The predicted molar refractivity (Wildman–Crippen MR) is 94.6 cm³/mol. The Bertz CT molecular complexity index is 989. The minimum absolute atomic E-state index is 0.210. The number of H-pyrrole nitrogens is 1. The molecule has 8 heteroatoms. The molecule has 0 unspecified atom stereocenters. The lowest BCUT2D eigenvalue weighted by Gasteiger charge is -2.07. The Morgan fingerprint density at radius 2 is 2.00 bits per heavy atom. The first-order chi connectivity index (χ1) is 12.7. The minimum Gasteiger partial charge on any atom is -0.465 e. The normalized spacial score (nSPS) is 10.8. The predicted octanol–water partition coefficient (Wildman–Crippen LogP) is 2.63. The van der Waals surface area contributed by atoms with Gasteiger partial charge < -0.3 is 10.1 Å². The Balaban J connectivity index is 1.85. The van der Waals surface area contributed by atoms with Gasteiger partial charge in [0, 0.05) is 11.9 Å². The summed E-state index contributed by atoms with van der Waals surface area (Å²) in [6.07, 6.45) is 1.51. The topological polar surface area (TPSA) is 117 Å². The molecule has 1 heterocycles. The molecule has 0 saturated heterocycles. The van der Waals surface area contributed by atoms with E-state index in [4.69, 9.17) is 4.74 Å². The Hall–Kier alpha value is -3.99. The van der Waals surface area contributed by atoms with Crippen LogP contribution in [0.15, 0.2) is 54.7 Å². The van der Waals surface area contributed by atoms with E-state index in [0.29, 0.717) is 5.56 Å². The average Bonchev–Trinajstić information content (AvgIpc) is 3.23. The fraction of sp³-hybridized carbons (Fsp3) is 0.0556. The molecule has 0 fully saturated rings. The summed E-state index contributed by atoms with van der Waals surface area (Å²) in [4.78, 5) is 11.7. The van der Waals surface area contributed by atoms with Crippen molar-refractivity contribution in [3.05, 3.63) is 66.1 Å². The van der Waals surface area contributed by atoms with Crippen molar-refractivity contribution in [3.8, 4) is 17.2 Å². The third-order valence-electron chi connectivity index (χ3n) is 3.57. The van der Waals surface area contributed by atoms with Crippen molar-refractivity contribution in [2.24, 2.45) is 0 Å². The largest absolute Gasteiger partial charge is 0.465 e. The number of tetrazole rings is 1. The molecule has 0 bridgehead atoms. The molecule has 2 aromatic carbocycles. The molecule has 0 radical (unpaired) electrons. The lowest BCUT2D eigenvalue weighted by Crippen LogP contribution is -2.00. The number of hydrogen-bond donors (Lipinski definition) is 2. The lowest BCUT2D eigenvalue weighted by atomic mass is 10.0. The highest BCUT2D eigenvalue weighted by atomic mass is 16.5. The molecular formula is C18H14N6O2. The number of ether oxygens (including phenoxy) is 1. The Labute approximate surface area is 149 Å². The van der Waals surface area contributed by atoms with E-state index < -0.39 is 0 Å². The maximum Gasteiger partial charge on any atom is 0.337 e. The van der Waals surface area contributed by atoms with E-state index in [9.17, 15) is 10.1 Å². The van der Waals surface area contributed by atoms with Crippen molar-refractivity contribution in [3.63, 3.8) is 0 Å². The van der Waals surface area contributed by atoms with E-state index in [0.717, 1.165) is 16.8 Å². The van der Waals surface area contributed by atoms with Crippen LogP contribution in [0.2, 0.25) is 0 Å². The number of allylic oxidation sites excluding steroid dienone is 1. The molecule has 2 N–H and O–H groups in total. The standard InChI is InChI=1S/C18H14N6O2/c1-26-18(25)14-6-2-4-12(8-14)13-5-3-7-16(9-13)20-11-15(10-19)17-21-23-24-22-17/h2-9,11,20H,1H3,(H,21,22,23,24). The number of carbonyl (C=O) groups excluding carboxylic acids is 1. The molecule has 0 saturated carbocycles. The van der Waals surface area contributed by atoms with E-state index in [-0.39, 0.29) is 17.4 Å². The van der Waals surface area contributed by atoms with Crippen molar-refractivity contribution in [1.82, 2.24) is 20.6 Å². The number of benzene rings is 2. The first-order valence-electron chi connectivity index (χ1n) is 7.60. The fourth-order valence-electron chi connectivity index (χ4n) is 2.31. The second-order valence-electron chi connectivity index (χ2n) is 5.20. The Kier molecular flexibility index (Phi) is 5.00. The van der Waals surface area contributed by atoms with Crippen LogP contribution in [-0.4, -0.2) is 33.7 Å². The summed E-state index contributed by atoms with van der Waals surface area (Å²) in [7, 11) is 1.35. The maximum atomic E-state index is 11.7. The highest BCUT2D eigenvalue weighted by molar-refractivity contribution is 5.91. The first-order valence-corrected chi connectivity index (χ1v) is 7.60. The van der Waals surface area contributed by atoms with Crippen LogP contribution in [0, 0.1) is 11.3 Å². The first kappa shape index (κ1) is 16.9. The highest BCUT2D eigenvalue weighted by Gasteiger charge is 2.08.